The quantitative estimate of drug-likeness (QED) is 0.853. The Morgan fingerprint density at radius 2 is 2.43 bits per heavy atom. The third-order valence-electron chi connectivity index (χ3n) is 3.67. The Labute approximate surface area is 122 Å². The van der Waals surface area contributed by atoms with Crippen LogP contribution in [0.5, 0.6) is 0 Å². The molecule has 0 aromatic carbocycles. The summed E-state index contributed by atoms with van der Waals surface area (Å²) in [5.41, 5.74) is 0.588. The topological polar surface area (TPSA) is 85.0 Å². The van der Waals surface area contributed by atoms with E-state index in [1.54, 1.807) is 18.3 Å². The normalized spacial score (nSPS) is 18.7. The van der Waals surface area contributed by atoms with Crippen molar-refractivity contribution >= 4 is 5.91 Å². The van der Waals surface area contributed by atoms with Crippen molar-refractivity contribution in [1.29, 1.82) is 0 Å². The SMILES string of the molecule is CCC(=O)N1CCC[C@@H](c2nc(-c3cccnn3)no2)C1. The van der Waals surface area contributed by atoms with Crippen LogP contribution in [0.25, 0.3) is 11.5 Å². The summed E-state index contributed by atoms with van der Waals surface area (Å²) in [5.74, 6) is 1.29. The molecule has 110 valence electrons. The van der Waals surface area contributed by atoms with Gasteiger partial charge >= 0.3 is 0 Å². The maximum Gasteiger partial charge on any atom is 0.231 e. The second-order valence-corrected chi connectivity index (χ2v) is 5.10. The highest BCUT2D eigenvalue weighted by Gasteiger charge is 2.28. The molecule has 1 atom stereocenters. The first-order valence-corrected chi connectivity index (χ1v) is 7.17. The number of hydrogen-bond donors (Lipinski definition) is 0. The van der Waals surface area contributed by atoms with Crippen molar-refractivity contribution in [1.82, 2.24) is 25.2 Å². The molecule has 21 heavy (non-hydrogen) atoms. The molecule has 0 spiro atoms. The third kappa shape index (κ3) is 2.91. The summed E-state index contributed by atoms with van der Waals surface area (Å²) in [6.45, 7) is 3.34. The fraction of sp³-hybridized carbons (Fsp3) is 0.500. The smallest absolute Gasteiger partial charge is 0.231 e. The second-order valence-electron chi connectivity index (χ2n) is 5.10. The van der Waals surface area contributed by atoms with Crippen molar-refractivity contribution in [3.05, 3.63) is 24.2 Å². The molecule has 1 fully saturated rings. The van der Waals surface area contributed by atoms with E-state index in [1.165, 1.54) is 0 Å². The lowest BCUT2D eigenvalue weighted by atomic mass is 9.98. The maximum atomic E-state index is 11.8. The molecule has 0 unspecified atom stereocenters. The predicted molar refractivity (Wildman–Crippen MR) is 74.2 cm³/mol. The Morgan fingerprint density at radius 3 is 3.19 bits per heavy atom. The van der Waals surface area contributed by atoms with Gasteiger partial charge in [-0.15, -0.1) is 5.10 Å². The number of carbonyl (C=O) groups is 1. The van der Waals surface area contributed by atoms with Crippen molar-refractivity contribution in [2.75, 3.05) is 13.1 Å². The Hall–Kier alpha value is -2.31. The number of hydrogen-bond acceptors (Lipinski definition) is 6. The first-order valence-electron chi connectivity index (χ1n) is 7.17. The molecule has 1 saturated heterocycles. The molecule has 0 aliphatic carbocycles. The molecule has 0 saturated carbocycles. The molecule has 7 heteroatoms. The lowest BCUT2D eigenvalue weighted by Gasteiger charge is -2.30. The molecule has 0 bridgehead atoms. The van der Waals surface area contributed by atoms with E-state index >= 15 is 0 Å². The minimum Gasteiger partial charge on any atom is -0.342 e. The number of rotatable bonds is 3. The zero-order chi connectivity index (χ0) is 14.7. The van der Waals surface area contributed by atoms with E-state index in [1.807, 2.05) is 11.8 Å². The number of nitrogens with zero attached hydrogens (tertiary/aromatic N) is 5. The van der Waals surface area contributed by atoms with E-state index in [4.69, 9.17) is 4.52 Å². The lowest BCUT2D eigenvalue weighted by Crippen LogP contribution is -2.38. The van der Waals surface area contributed by atoms with E-state index < -0.39 is 0 Å². The van der Waals surface area contributed by atoms with Crippen molar-refractivity contribution in [2.24, 2.45) is 0 Å². The average molecular weight is 287 g/mol. The fourth-order valence-electron chi connectivity index (χ4n) is 2.55. The fourth-order valence-corrected chi connectivity index (χ4v) is 2.55. The second kappa shape index (κ2) is 5.99. The maximum absolute atomic E-state index is 11.8. The summed E-state index contributed by atoms with van der Waals surface area (Å²) in [4.78, 5) is 18.1. The number of aromatic nitrogens is 4. The van der Waals surface area contributed by atoms with Gasteiger partial charge in [-0.2, -0.15) is 10.1 Å². The van der Waals surface area contributed by atoms with Crippen molar-refractivity contribution in [3.8, 4) is 11.5 Å². The van der Waals surface area contributed by atoms with Gasteiger partial charge in [0.25, 0.3) is 0 Å². The minimum atomic E-state index is 0.104. The summed E-state index contributed by atoms with van der Waals surface area (Å²) in [6, 6.07) is 3.57. The van der Waals surface area contributed by atoms with Crippen LogP contribution in [-0.4, -0.2) is 44.2 Å². The Kier molecular flexibility index (Phi) is 3.89. The Morgan fingerprint density at radius 1 is 1.52 bits per heavy atom. The van der Waals surface area contributed by atoms with Gasteiger partial charge in [-0.25, -0.2) is 0 Å². The molecule has 1 aliphatic heterocycles. The van der Waals surface area contributed by atoms with E-state index in [-0.39, 0.29) is 11.8 Å². The van der Waals surface area contributed by atoms with Gasteiger partial charge in [-0.1, -0.05) is 12.1 Å². The van der Waals surface area contributed by atoms with Crippen LogP contribution >= 0.6 is 0 Å². The molecule has 2 aromatic heterocycles. The van der Waals surface area contributed by atoms with Gasteiger partial charge in [-0.05, 0) is 25.0 Å². The van der Waals surface area contributed by atoms with Crippen LogP contribution in [0.3, 0.4) is 0 Å². The predicted octanol–water partition coefficient (Wildman–Crippen LogP) is 1.64. The zero-order valence-electron chi connectivity index (χ0n) is 11.9. The standard InChI is InChI=1S/C14H17N5O2/c1-2-12(20)19-8-4-5-10(9-19)14-16-13(18-21-14)11-6-3-7-15-17-11/h3,6-7,10H,2,4-5,8-9H2,1H3/t10-/m1/s1. The molecular weight excluding hydrogens is 270 g/mol. The molecule has 1 aliphatic rings. The first-order chi connectivity index (χ1) is 10.3. The van der Waals surface area contributed by atoms with Gasteiger partial charge in [0.15, 0.2) is 0 Å². The number of likely N-dealkylation sites (tertiary alicyclic amines) is 1. The molecular formula is C14H17N5O2. The van der Waals surface area contributed by atoms with Crippen LogP contribution < -0.4 is 0 Å². The molecule has 7 nitrogen and oxygen atoms in total. The van der Waals surface area contributed by atoms with Crippen LogP contribution in [0.15, 0.2) is 22.9 Å². The first kappa shape index (κ1) is 13.7. The number of amides is 1. The van der Waals surface area contributed by atoms with Crippen LogP contribution in [0.1, 0.15) is 38.0 Å². The molecule has 1 amide bonds. The number of piperidine rings is 1. The Balaban J connectivity index is 1.75. The van der Waals surface area contributed by atoms with E-state index in [2.05, 4.69) is 20.3 Å². The van der Waals surface area contributed by atoms with Gasteiger partial charge < -0.3 is 9.42 Å². The monoisotopic (exact) mass is 287 g/mol. The highest BCUT2D eigenvalue weighted by molar-refractivity contribution is 5.75. The largest absolute Gasteiger partial charge is 0.342 e. The highest BCUT2D eigenvalue weighted by Crippen LogP contribution is 2.27. The van der Waals surface area contributed by atoms with Gasteiger partial charge in [0.05, 0.1) is 5.92 Å². The van der Waals surface area contributed by atoms with E-state index in [0.29, 0.717) is 30.4 Å². The van der Waals surface area contributed by atoms with E-state index in [9.17, 15) is 4.79 Å². The molecule has 3 heterocycles. The van der Waals surface area contributed by atoms with Gasteiger partial charge in [-0.3, -0.25) is 4.79 Å². The average Bonchev–Trinajstić information content (AvgIpc) is 3.05. The van der Waals surface area contributed by atoms with Gasteiger partial charge in [0.2, 0.25) is 17.6 Å². The van der Waals surface area contributed by atoms with Gasteiger partial charge in [0.1, 0.15) is 5.69 Å². The minimum absolute atomic E-state index is 0.104. The summed E-state index contributed by atoms with van der Waals surface area (Å²) < 4.78 is 5.35. The number of carbonyl (C=O) groups excluding carboxylic acids is 1. The van der Waals surface area contributed by atoms with Gasteiger partial charge in [0, 0.05) is 25.7 Å². The van der Waals surface area contributed by atoms with Crippen LogP contribution in [0, 0.1) is 0 Å². The van der Waals surface area contributed by atoms with Crippen LogP contribution in [0.2, 0.25) is 0 Å². The lowest BCUT2D eigenvalue weighted by molar-refractivity contribution is -0.132. The van der Waals surface area contributed by atoms with Crippen LogP contribution in [-0.2, 0) is 4.79 Å². The molecule has 3 rings (SSSR count). The summed E-state index contributed by atoms with van der Waals surface area (Å²) in [5, 5.41) is 11.7. The summed E-state index contributed by atoms with van der Waals surface area (Å²) in [6.07, 6.45) is 4.04. The van der Waals surface area contributed by atoms with Crippen molar-refractivity contribution < 1.29 is 9.32 Å². The molecule has 0 N–H and O–H groups in total. The van der Waals surface area contributed by atoms with Crippen molar-refractivity contribution in [3.63, 3.8) is 0 Å². The Bertz CT molecular complexity index is 613. The summed E-state index contributed by atoms with van der Waals surface area (Å²) >= 11 is 0. The highest BCUT2D eigenvalue weighted by atomic mass is 16.5. The van der Waals surface area contributed by atoms with Crippen LogP contribution in [0.4, 0.5) is 0 Å². The molecule has 2 aromatic rings. The van der Waals surface area contributed by atoms with E-state index in [0.717, 1.165) is 19.4 Å². The summed E-state index contributed by atoms with van der Waals surface area (Å²) in [7, 11) is 0. The molecule has 0 radical (unpaired) electrons. The zero-order valence-corrected chi connectivity index (χ0v) is 11.9. The third-order valence-corrected chi connectivity index (χ3v) is 3.67. The van der Waals surface area contributed by atoms with Crippen molar-refractivity contribution in [2.45, 2.75) is 32.1 Å².